The highest BCUT2D eigenvalue weighted by molar-refractivity contribution is 5.63. The van der Waals surface area contributed by atoms with Crippen molar-refractivity contribution in [2.24, 2.45) is 0 Å². The summed E-state index contributed by atoms with van der Waals surface area (Å²) >= 11 is 0. The van der Waals surface area contributed by atoms with E-state index in [1.165, 1.54) is 11.8 Å². The van der Waals surface area contributed by atoms with Crippen molar-refractivity contribution in [2.45, 2.75) is 18.3 Å². The summed E-state index contributed by atoms with van der Waals surface area (Å²) in [6, 6.07) is 11.6. The van der Waals surface area contributed by atoms with Crippen molar-refractivity contribution in [3.63, 3.8) is 0 Å². The van der Waals surface area contributed by atoms with Crippen LogP contribution in [0.3, 0.4) is 0 Å². The molecule has 0 aliphatic heterocycles. The number of hydrogen-bond acceptors (Lipinski definition) is 5. The number of aromatic nitrogens is 5. The van der Waals surface area contributed by atoms with Gasteiger partial charge in [0.1, 0.15) is 0 Å². The number of nitriles is 1. The third-order valence-corrected chi connectivity index (χ3v) is 5.14. The van der Waals surface area contributed by atoms with E-state index in [0.717, 1.165) is 17.6 Å². The summed E-state index contributed by atoms with van der Waals surface area (Å²) in [7, 11) is 0. The average molecular weight is 370 g/mol. The lowest BCUT2D eigenvalue weighted by atomic mass is 10.0. The lowest BCUT2D eigenvalue weighted by molar-refractivity contribution is 0.906. The number of nitrogens with one attached hydrogen (secondary N) is 2. The SMILES string of the molecule is N#Cc1ccc([C@@H]2C[C@H]2c2cc(-c3c[nH]c(=O)[nH]c3=O)nn3ccnc23)cc1. The molecule has 4 aromatic rings. The van der Waals surface area contributed by atoms with Gasteiger partial charge in [-0.3, -0.25) is 9.78 Å². The van der Waals surface area contributed by atoms with E-state index in [0.29, 0.717) is 22.7 Å². The molecule has 0 radical (unpaired) electrons. The molecule has 3 aromatic heterocycles. The summed E-state index contributed by atoms with van der Waals surface area (Å²) in [6.07, 6.45) is 5.74. The Bertz CT molecular complexity index is 1360. The van der Waals surface area contributed by atoms with Crippen molar-refractivity contribution in [3.8, 4) is 17.3 Å². The normalized spacial score (nSPS) is 18.1. The number of hydrogen-bond donors (Lipinski definition) is 2. The smallest absolute Gasteiger partial charge is 0.313 e. The summed E-state index contributed by atoms with van der Waals surface area (Å²) in [6.45, 7) is 0. The van der Waals surface area contributed by atoms with Gasteiger partial charge in [-0.25, -0.2) is 14.3 Å². The molecule has 0 bridgehead atoms. The highest BCUT2D eigenvalue weighted by Crippen LogP contribution is 2.55. The molecular weight excluding hydrogens is 356 g/mol. The molecule has 0 saturated heterocycles. The molecule has 0 spiro atoms. The molecule has 8 nitrogen and oxygen atoms in total. The lowest BCUT2D eigenvalue weighted by Crippen LogP contribution is -2.23. The Morgan fingerprint density at radius 3 is 2.75 bits per heavy atom. The Hall–Kier alpha value is -3.99. The van der Waals surface area contributed by atoms with Crippen LogP contribution in [0.25, 0.3) is 16.9 Å². The minimum atomic E-state index is -0.555. The first kappa shape index (κ1) is 16.2. The predicted octanol–water partition coefficient (Wildman–Crippen LogP) is 1.92. The van der Waals surface area contributed by atoms with E-state index in [1.807, 2.05) is 30.3 Å². The molecule has 1 saturated carbocycles. The van der Waals surface area contributed by atoms with Gasteiger partial charge in [-0.15, -0.1) is 0 Å². The first-order valence-corrected chi connectivity index (χ1v) is 8.81. The maximum absolute atomic E-state index is 12.2. The van der Waals surface area contributed by atoms with Crippen molar-refractivity contribution in [1.29, 1.82) is 5.26 Å². The molecule has 2 atom stereocenters. The van der Waals surface area contributed by atoms with Crippen molar-refractivity contribution in [3.05, 3.63) is 86.5 Å². The van der Waals surface area contributed by atoms with Gasteiger partial charge < -0.3 is 4.98 Å². The first-order valence-electron chi connectivity index (χ1n) is 8.81. The summed E-state index contributed by atoms with van der Waals surface area (Å²) in [5.74, 6) is 0.582. The predicted molar refractivity (Wildman–Crippen MR) is 101 cm³/mol. The molecule has 0 amide bonds. The van der Waals surface area contributed by atoms with Gasteiger partial charge in [0.25, 0.3) is 5.56 Å². The number of nitrogens with zero attached hydrogens (tertiary/aromatic N) is 4. The molecular formula is C20H14N6O2. The molecule has 1 aliphatic rings. The number of rotatable bonds is 3. The second-order valence-electron chi connectivity index (χ2n) is 6.85. The number of H-pyrrole nitrogens is 2. The van der Waals surface area contributed by atoms with Crippen LogP contribution in [0.5, 0.6) is 0 Å². The molecule has 136 valence electrons. The van der Waals surface area contributed by atoms with E-state index in [2.05, 4.69) is 26.1 Å². The highest BCUT2D eigenvalue weighted by Gasteiger charge is 2.41. The van der Waals surface area contributed by atoms with Crippen molar-refractivity contribution in [2.75, 3.05) is 0 Å². The fraction of sp³-hybridized carbons (Fsp3) is 0.150. The number of aromatic amines is 2. The third kappa shape index (κ3) is 2.61. The van der Waals surface area contributed by atoms with Gasteiger partial charge in [0, 0.05) is 24.2 Å². The van der Waals surface area contributed by atoms with Gasteiger partial charge in [-0.2, -0.15) is 10.4 Å². The zero-order valence-electron chi connectivity index (χ0n) is 14.6. The molecule has 0 unspecified atom stereocenters. The largest absolute Gasteiger partial charge is 0.325 e. The fourth-order valence-corrected chi connectivity index (χ4v) is 3.66. The Labute approximate surface area is 158 Å². The van der Waals surface area contributed by atoms with Crippen LogP contribution in [0.2, 0.25) is 0 Å². The third-order valence-electron chi connectivity index (χ3n) is 5.14. The van der Waals surface area contributed by atoms with E-state index < -0.39 is 11.2 Å². The Morgan fingerprint density at radius 2 is 2.00 bits per heavy atom. The molecule has 3 heterocycles. The molecule has 2 N–H and O–H groups in total. The van der Waals surface area contributed by atoms with E-state index in [1.54, 1.807) is 16.9 Å². The Kier molecular flexibility index (Phi) is 3.49. The molecule has 1 aromatic carbocycles. The van der Waals surface area contributed by atoms with Crippen LogP contribution < -0.4 is 11.2 Å². The fourth-order valence-electron chi connectivity index (χ4n) is 3.66. The quantitative estimate of drug-likeness (QED) is 0.571. The minimum absolute atomic E-state index is 0.251. The second kappa shape index (κ2) is 6.03. The number of fused-ring (bicyclic) bond motifs is 1. The topological polar surface area (TPSA) is 120 Å². The van der Waals surface area contributed by atoms with Gasteiger partial charge >= 0.3 is 5.69 Å². The lowest BCUT2D eigenvalue weighted by Gasteiger charge is -2.07. The van der Waals surface area contributed by atoms with E-state index in [9.17, 15) is 9.59 Å². The van der Waals surface area contributed by atoms with Crippen LogP contribution in [-0.2, 0) is 0 Å². The van der Waals surface area contributed by atoms with Crippen LogP contribution >= 0.6 is 0 Å². The second-order valence-corrected chi connectivity index (χ2v) is 6.85. The summed E-state index contributed by atoms with van der Waals surface area (Å²) in [4.78, 5) is 32.6. The van der Waals surface area contributed by atoms with Crippen LogP contribution in [0.15, 0.2) is 58.5 Å². The maximum Gasteiger partial charge on any atom is 0.325 e. The standard InChI is InChI=1S/C20H14N6O2/c21-9-11-1-3-12(4-2-11)13-7-14(13)15-8-17(25-26-6-5-22-18(15)26)16-10-23-20(28)24-19(16)27/h1-6,8,10,13-14H,7H2,(H2,23,24,27,28)/t13-,14+/m0/s1. The van der Waals surface area contributed by atoms with Crippen molar-refractivity contribution < 1.29 is 0 Å². The average Bonchev–Trinajstić information content (AvgIpc) is 3.36. The molecule has 28 heavy (non-hydrogen) atoms. The summed E-state index contributed by atoms with van der Waals surface area (Å²) in [5.41, 5.74) is 3.31. The van der Waals surface area contributed by atoms with Crippen LogP contribution in [0.1, 0.15) is 34.9 Å². The van der Waals surface area contributed by atoms with Gasteiger partial charge in [0.15, 0.2) is 5.65 Å². The highest BCUT2D eigenvalue weighted by atomic mass is 16.2. The van der Waals surface area contributed by atoms with Gasteiger partial charge in [-0.05, 0) is 42.0 Å². The minimum Gasteiger partial charge on any atom is -0.313 e. The number of imidazole rings is 1. The molecule has 1 fully saturated rings. The summed E-state index contributed by atoms with van der Waals surface area (Å²) in [5, 5.41) is 13.4. The summed E-state index contributed by atoms with van der Waals surface area (Å²) < 4.78 is 1.66. The van der Waals surface area contributed by atoms with Crippen LogP contribution in [0.4, 0.5) is 0 Å². The van der Waals surface area contributed by atoms with Crippen LogP contribution in [-0.4, -0.2) is 24.6 Å². The van der Waals surface area contributed by atoms with E-state index in [-0.39, 0.29) is 5.92 Å². The number of benzene rings is 1. The Balaban J connectivity index is 1.58. The maximum atomic E-state index is 12.2. The van der Waals surface area contributed by atoms with Gasteiger partial charge in [0.05, 0.1) is 22.9 Å². The van der Waals surface area contributed by atoms with E-state index >= 15 is 0 Å². The molecule has 5 rings (SSSR count). The van der Waals surface area contributed by atoms with Gasteiger partial charge in [-0.1, -0.05) is 12.1 Å². The zero-order valence-corrected chi connectivity index (χ0v) is 14.6. The first-order chi connectivity index (χ1) is 13.6. The molecule has 8 heteroatoms. The van der Waals surface area contributed by atoms with Crippen LogP contribution in [0, 0.1) is 11.3 Å². The van der Waals surface area contributed by atoms with Gasteiger partial charge in [0.2, 0.25) is 0 Å². The zero-order chi connectivity index (χ0) is 19.3. The van der Waals surface area contributed by atoms with E-state index in [4.69, 9.17) is 5.26 Å². The molecule has 1 aliphatic carbocycles. The Morgan fingerprint density at radius 1 is 1.18 bits per heavy atom. The van der Waals surface area contributed by atoms with Crippen molar-refractivity contribution >= 4 is 5.65 Å². The van der Waals surface area contributed by atoms with Crippen molar-refractivity contribution in [1.82, 2.24) is 24.6 Å². The monoisotopic (exact) mass is 370 g/mol.